The first kappa shape index (κ1) is 22.1. The Labute approximate surface area is 167 Å². The van der Waals surface area contributed by atoms with E-state index < -0.39 is 6.08 Å². The first-order valence-corrected chi connectivity index (χ1v) is 11.1. The smallest absolute Gasteiger partial charge is 0.312 e. The Kier molecular flexibility index (Phi) is 10.6. The van der Waals surface area contributed by atoms with Crippen molar-refractivity contribution in [1.82, 2.24) is 19.5 Å². The molecule has 0 N–H and O–H groups in total. The van der Waals surface area contributed by atoms with Gasteiger partial charge in [-0.15, -0.1) is 0 Å². The van der Waals surface area contributed by atoms with Gasteiger partial charge in [-0.3, -0.25) is 0 Å². The van der Waals surface area contributed by atoms with Crippen LogP contribution in [0.15, 0.2) is 6.33 Å². The van der Waals surface area contributed by atoms with E-state index in [9.17, 15) is 4.39 Å². The van der Waals surface area contributed by atoms with Gasteiger partial charge in [-0.1, -0.05) is 102 Å². The van der Waals surface area contributed by atoms with Gasteiger partial charge >= 0.3 is 6.08 Å². The number of aromatic nitrogens is 4. The minimum atomic E-state index is -0.825. The Hall–Kier alpha value is -1.23. The highest BCUT2D eigenvalue weighted by molar-refractivity contribution is 6.33. The average Bonchev–Trinajstić information content (AvgIpc) is 3.05. The Morgan fingerprint density at radius 3 is 1.89 bits per heavy atom. The van der Waals surface area contributed by atoms with Crippen molar-refractivity contribution in [3.05, 3.63) is 17.6 Å². The summed E-state index contributed by atoms with van der Waals surface area (Å²) >= 11 is 6.02. The normalized spacial score (nSPS) is 11.5. The van der Waals surface area contributed by atoms with Crippen molar-refractivity contribution in [2.45, 2.75) is 103 Å². The number of halogens is 2. The van der Waals surface area contributed by atoms with Crippen LogP contribution in [0.4, 0.5) is 4.39 Å². The molecular weight excluding hydrogens is 363 g/mol. The maximum absolute atomic E-state index is 13.1. The third-order valence-corrected chi connectivity index (χ3v) is 5.42. The molecule has 0 radical (unpaired) electrons. The van der Waals surface area contributed by atoms with Crippen molar-refractivity contribution >= 4 is 22.8 Å². The average molecular weight is 397 g/mol. The number of imidazole rings is 1. The highest BCUT2D eigenvalue weighted by Crippen LogP contribution is 2.20. The summed E-state index contributed by atoms with van der Waals surface area (Å²) in [5.74, 6) is 0. The lowest BCUT2D eigenvalue weighted by molar-refractivity contribution is 0.525. The van der Waals surface area contributed by atoms with Crippen LogP contribution in [0.3, 0.4) is 0 Å². The third kappa shape index (κ3) is 8.12. The van der Waals surface area contributed by atoms with Gasteiger partial charge in [0.2, 0.25) is 0 Å². The largest absolute Gasteiger partial charge is 0.327 e. The van der Waals surface area contributed by atoms with Crippen molar-refractivity contribution in [2.75, 3.05) is 0 Å². The minimum Gasteiger partial charge on any atom is -0.327 e. The molecule has 2 heterocycles. The molecule has 6 heteroatoms. The number of nitrogens with zero attached hydrogens (tertiary/aromatic N) is 4. The Morgan fingerprint density at radius 1 is 0.815 bits per heavy atom. The zero-order valence-electron chi connectivity index (χ0n) is 16.7. The van der Waals surface area contributed by atoms with E-state index in [0.717, 1.165) is 13.0 Å². The van der Waals surface area contributed by atoms with Gasteiger partial charge in [0.1, 0.15) is 5.52 Å². The molecule has 0 bridgehead atoms. The molecule has 0 aliphatic rings. The minimum absolute atomic E-state index is 0.139. The second kappa shape index (κ2) is 13.0. The van der Waals surface area contributed by atoms with Crippen LogP contribution in [0.5, 0.6) is 0 Å². The second-order valence-electron chi connectivity index (χ2n) is 7.49. The maximum Gasteiger partial charge on any atom is 0.312 e. The van der Waals surface area contributed by atoms with Crippen molar-refractivity contribution in [3.63, 3.8) is 0 Å². The highest BCUT2D eigenvalue weighted by Gasteiger charge is 2.11. The monoisotopic (exact) mass is 396 g/mol. The second-order valence-corrected chi connectivity index (χ2v) is 7.85. The van der Waals surface area contributed by atoms with Crippen LogP contribution in [-0.4, -0.2) is 19.5 Å². The summed E-state index contributed by atoms with van der Waals surface area (Å²) in [6.45, 7) is 3.09. The predicted octanol–water partition coefficient (Wildman–Crippen LogP) is 7.10. The lowest BCUT2D eigenvalue weighted by atomic mass is 10.0. The molecule has 4 nitrogen and oxygen atoms in total. The van der Waals surface area contributed by atoms with E-state index in [1.54, 1.807) is 6.33 Å². The Bertz CT molecular complexity index is 659. The van der Waals surface area contributed by atoms with E-state index in [0.29, 0.717) is 11.2 Å². The van der Waals surface area contributed by atoms with Crippen molar-refractivity contribution < 1.29 is 4.39 Å². The molecule has 0 spiro atoms. The van der Waals surface area contributed by atoms with E-state index in [-0.39, 0.29) is 5.15 Å². The lowest BCUT2D eigenvalue weighted by Crippen LogP contribution is -1.99. The summed E-state index contributed by atoms with van der Waals surface area (Å²) in [5.41, 5.74) is 0.964. The van der Waals surface area contributed by atoms with Crippen molar-refractivity contribution in [2.24, 2.45) is 0 Å². The SMILES string of the molecule is CCCCCCCCCCCCCCCCn1cnc2nc(F)nc(Cl)c21. The van der Waals surface area contributed by atoms with Crippen LogP contribution >= 0.6 is 11.6 Å². The molecule has 0 fully saturated rings. The van der Waals surface area contributed by atoms with Crippen LogP contribution in [0.1, 0.15) is 96.8 Å². The molecule has 0 saturated carbocycles. The van der Waals surface area contributed by atoms with Crippen molar-refractivity contribution in [3.8, 4) is 0 Å². The summed E-state index contributed by atoms with van der Waals surface area (Å²) in [7, 11) is 0. The van der Waals surface area contributed by atoms with Gasteiger partial charge in [-0.2, -0.15) is 14.4 Å². The number of aryl methyl sites for hydroxylation is 1. The molecule has 2 rings (SSSR count). The van der Waals surface area contributed by atoms with Crippen LogP contribution in [-0.2, 0) is 6.54 Å². The van der Waals surface area contributed by atoms with E-state index >= 15 is 0 Å². The number of fused-ring (bicyclic) bond motifs is 1. The first-order valence-electron chi connectivity index (χ1n) is 10.8. The quantitative estimate of drug-likeness (QED) is 0.183. The molecule has 0 aliphatic heterocycles. The highest BCUT2D eigenvalue weighted by atomic mass is 35.5. The maximum atomic E-state index is 13.1. The van der Waals surface area contributed by atoms with Gasteiger partial charge in [-0.05, 0) is 6.42 Å². The lowest BCUT2D eigenvalue weighted by Gasteiger charge is -2.05. The first-order chi connectivity index (χ1) is 13.2. The standard InChI is InChI=1S/C21H34ClFN4/c1-2-3-4-5-6-7-8-9-10-11-12-13-14-15-16-27-17-24-20-18(27)19(22)25-21(23)26-20/h17H,2-16H2,1H3. The molecular formula is C21H34ClFN4. The molecule has 2 aromatic rings. The fourth-order valence-electron chi connectivity index (χ4n) is 3.56. The number of hydrogen-bond donors (Lipinski definition) is 0. The van der Waals surface area contributed by atoms with Crippen LogP contribution in [0.2, 0.25) is 5.15 Å². The molecule has 0 saturated heterocycles. The van der Waals surface area contributed by atoms with Gasteiger partial charge in [0.15, 0.2) is 10.8 Å². The van der Waals surface area contributed by atoms with Gasteiger partial charge in [0.25, 0.3) is 0 Å². The Balaban J connectivity index is 1.46. The topological polar surface area (TPSA) is 43.6 Å². The number of unbranched alkanes of at least 4 members (excludes halogenated alkanes) is 13. The van der Waals surface area contributed by atoms with Crippen LogP contribution in [0.25, 0.3) is 11.2 Å². The van der Waals surface area contributed by atoms with Crippen molar-refractivity contribution in [1.29, 1.82) is 0 Å². The zero-order valence-corrected chi connectivity index (χ0v) is 17.5. The summed E-state index contributed by atoms with van der Waals surface area (Å²) in [5, 5.41) is 0.139. The molecule has 27 heavy (non-hydrogen) atoms. The summed E-state index contributed by atoms with van der Waals surface area (Å²) < 4.78 is 15.1. The van der Waals surface area contributed by atoms with Gasteiger partial charge < -0.3 is 4.57 Å². The summed E-state index contributed by atoms with van der Waals surface area (Å²) in [6, 6.07) is 0. The molecule has 0 amide bonds. The molecule has 0 atom stereocenters. The summed E-state index contributed by atoms with van der Waals surface area (Å²) in [6.07, 6.45) is 19.6. The Morgan fingerprint density at radius 2 is 1.33 bits per heavy atom. The molecule has 152 valence electrons. The molecule has 0 aromatic carbocycles. The predicted molar refractivity (Wildman–Crippen MR) is 111 cm³/mol. The van der Waals surface area contributed by atoms with E-state index in [2.05, 4.69) is 21.9 Å². The fraction of sp³-hybridized carbons (Fsp3) is 0.762. The van der Waals surface area contributed by atoms with Crippen LogP contribution in [0, 0.1) is 6.08 Å². The van der Waals surface area contributed by atoms with Gasteiger partial charge in [0.05, 0.1) is 6.33 Å². The molecule has 0 unspecified atom stereocenters. The zero-order chi connectivity index (χ0) is 19.3. The fourth-order valence-corrected chi connectivity index (χ4v) is 3.82. The number of hydrogen-bond acceptors (Lipinski definition) is 3. The molecule has 2 aromatic heterocycles. The third-order valence-electron chi connectivity index (χ3n) is 5.15. The number of rotatable bonds is 15. The van der Waals surface area contributed by atoms with Crippen LogP contribution < -0.4 is 0 Å². The van der Waals surface area contributed by atoms with E-state index in [4.69, 9.17) is 11.6 Å². The van der Waals surface area contributed by atoms with Gasteiger partial charge in [0, 0.05) is 6.54 Å². The van der Waals surface area contributed by atoms with E-state index in [1.165, 1.54) is 83.5 Å². The summed E-state index contributed by atoms with van der Waals surface area (Å²) in [4.78, 5) is 11.4. The molecule has 0 aliphatic carbocycles. The van der Waals surface area contributed by atoms with E-state index in [1.807, 2.05) is 4.57 Å². The van der Waals surface area contributed by atoms with Gasteiger partial charge in [-0.25, -0.2) is 4.98 Å².